The molecule has 0 spiro atoms. The third-order valence-electron chi connectivity index (χ3n) is 3.74. The Morgan fingerprint density at radius 3 is 2.83 bits per heavy atom. The smallest absolute Gasteiger partial charge is 0.230 e. The molecule has 1 aromatic carbocycles. The van der Waals surface area contributed by atoms with E-state index < -0.39 is 0 Å². The van der Waals surface area contributed by atoms with Gasteiger partial charge < -0.3 is 14.6 Å². The molecule has 0 bridgehead atoms. The van der Waals surface area contributed by atoms with Crippen LogP contribution in [0.2, 0.25) is 0 Å². The van der Waals surface area contributed by atoms with Gasteiger partial charge in [-0.1, -0.05) is 26.8 Å². The standard InChI is InChI=1S/C18H25N3O2S/c1-18(2,3)16(11-21-9-8-19-13-21)20-17(22)12-24-15-7-5-6-14(10-15)23-4/h5-10,13,16H,11-12H2,1-4H3,(H,20,22)/t16-/m1/s1. The van der Waals surface area contributed by atoms with Gasteiger partial charge in [0.05, 0.1) is 25.2 Å². The predicted octanol–water partition coefficient (Wildman–Crippen LogP) is 3.21. The van der Waals surface area contributed by atoms with Crippen LogP contribution in [0.5, 0.6) is 5.75 Å². The van der Waals surface area contributed by atoms with Crippen molar-refractivity contribution in [3.8, 4) is 5.75 Å². The molecular formula is C18H25N3O2S. The highest BCUT2D eigenvalue weighted by molar-refractivity contribution is 8.00. The number of methoxy groups -OCH3 is 1. The molecule has 1 N–H and O–H groups in total. The van der Waals surface area contributed by atoms with Gasteiger partial charge in [0.25, 0.3) is 0 Å². The number of rotatable bonds is 7. The highest BCUT2D eigenvalue weighted by Gasteiger charge is 2.26. The molecule has 0 aliphatic rings. The average molecular weight is 347 g/mol. The summed E-state index contributed by atoms with van der Waals surface area (Å²) in [5, 5.41) is 3.15. The SMILES string of the molecule is COc1cccc(SCC(=O)N[C@H](Cn2ccnc2)C(C)(C)C)c1. The van der Waals surface area contributed by atoms with Crippen LogP contribution >= 0.6 is 11.8 Å². The molecule has 0 aliphatic carbocycles. The minimum Gasteiger partial charge on any atom is -0.497 e. The summed E-state index contributed by atoms with van der Waals surface area (Å²) < 4.78 is 7.20. The number of nitrogens with one attached hydrogen (secondary N) is 1. The Bertz CT molecular complexity index is 651. The number of hydrogen-bond acceptors (Lipinski definition) is 4. The first-order valence-corrected chi connectivity index (χ1v) is 8.89. The van der Waals surface area contributed by atoms with Gasteiger partial charge in [-0.3, -0.25) is 4.79 Å². The molecule has 2 aromatic rings. The van der Waals surface area contributed by atoms with Crippen molar-refractivity contribution in [3.05, 3.63) is 43.0 Å². The molecule has 24 heavy (non-hydrogen) atoms. The summed E-state index contributed by atoms with van der Waals surface area (Å²) in [5.74, 6) is 1.21. The summed E-state index contributed by atoms with van der Waals surface area (Å²) in [4.78, 5) is 17.5. The van der Waals surface area contributed by atoms with Crippen molar-refractivity contribution in [3.63, 3.8) is 0 Å². The van der Waals surface area contributed by atoms with E-state index in [0.717, 1.165) is 10.6 Å². The Kier molecular flexibility index (Phi) is 6.31. The van der Waals surface area contributed by atoms with Crippen LogP contribution in [0.1, 0.15) is 20.8 Å². The summed E-state index contributed by atoms with van der Waals surface area (Å²) >= 11 is 1.51. The molecule has 5 nitrogen and oxygen atoms in total. The number of carbonyl (C=O) groups is 1. The number of imidazole rings is 1. The second-order valence-electron chi connectivity index (χ2n) is 6.71. The van der Waals surface area contributed by atoms with Crippen molar-refractivity contribution in [1.82, 2.24) is 14.9 Å². The molecule has 0 unspecified atom stereocenters. The third-order valence-corrected chi connectivity index (χ3v) is 4.74. The predicted molar refractivity (Wildman–Crippen MR) is 97.3 cm³/mol. The van der Waals surface area contributed by atoms with E-state index in [9.17, 15) is 4.79 Å². The van der Waals surface area contributed by atoms with Crippen LogP contribution in [0.4, 0.5) is 0 Å². The minimum absolute atomic E-state index is 0.0304. The molecule has 0 saturated heterocycles. The minimum atomic E-state index is -0.0411. The van der Waals surface area contributed by atoms with E-state index in [4.69, 9.17) is 4.74 Å². The fraction of sp³-hybridized carbons (Fsp3) is 0.444. The third kappa shape index (κ3) is 5.60. The van der Waals surface area contributed by atoms with Crippen LogP contribution < -0.4 is 10.1 Å². The summed E-state index contributed by atoms with van der Waals surface area (Å²) in [7, 11) is 1.64. The van der Waals surface area contributed by atoms with Gasteiger partial charge in [0.15, 0.2) is 0 Å². The first kappa shape index (κ1) is 18.4. The molecule has 130 valence electrons. The number of nitrogens with zero attached hydrogens (tertiary/aromatic N) is 2. The molecule has 2 rings (SSSR count). The van der Waals surface area contributed by atoms with Crippen LogP contribution in [0.15, 0.2) is 47.9 Å². The van der Waals surface area contributed by atoms with E-state index in [2.05, 4.69) is 31.1 Å². The van der Waals surface area contributed by atoms with E-state index in [0.29, 0.717) is 12.3 Å². The van der Waals surface area contributed by atoms with Gasteiger partial charge in [0.1, 0.15) is 5.75 Å². The molecule has 0 fully saturated rings. The lowest BCUT2D eigenvalue weighted by molar-refractivity contribution is -0.120. The monoisotopic (exact) mass is 347 g/mol. The lowest BCUT2D eigenvalue weighted by Gasteiger charge is -2.31. The van der Waals surface area contributed by atoms with E-state index in [1.54, 1.807) is 19.6 Å². The van der Waals surface area contributed by atoms with Gasteiger partial charge in [-0.25, -0.2) is 4.98 Å². The number of carbonyl (C=O) groups excluding carboxylic acids is 1. The Morgan fingerprint density at radius 1 is 1.42 bits per heavy atom. The van der Waals surface area contributed by atoms with Gasteiger partial charge in [-0.15, -0.1) is 11.8 Å². The van der Waals surface area contributed by atoms with Crippen LogP contribution in [0, 0.1) is 5.41 Å². The first-order chi connectivity index (χ1) is 11.4. The number of ether oxygens (including phenoxy) is 1. The van der Waals surface area contributed by atoms with Crippen molar-refractivity contribution < 1.29 is 9.53 Å². The van der Waals surface area contributed by atoms with Crippen molar-refractivity contribution >= 4 is 17.7 Å². The Morgan fingerprint density at radius 2 is 2.21 bits per heavy atom. The largest absolute Gasteiger partial charge is 0.497 e. The first-order valence-electron chi connectivity index (χ1n) is 7.90. The van der Waals surface area contributed by atoms with E-state index in [-0.39, 0.29) is 17.4 Å². The van der Waals surface area contributed by atoms with Gasteiger partial charge in [-0.2, -0.15) is 0 Å². The molecular weight excluding hydrogens is 322 g/mol. The summed E-state index contributed by atoms with van der Waals surface area (Å²) in [6.45, 7) is 7.09. The lowest BCUT2D eigenvalue weighted by atomic mass is 9.86. The topological polar surface area (TPSA) is 56.1 Å². The molecule has 0 saturated carbocycles. The molecule has 1 atom stereocenters. The van der Waals surface area contributed by atoms with Crippen LogP contribution in [0.25, 0.3) is 0 Å². The van der Waals surface area contributed by atoms with Gasteiger partial charge >= 0.3 is 0 Å². The van der Waals surface area contributed by atoms with Crippen molar-refractivity contribution in [2.45, 2.75) is 38.3 Å². The second kappa shape index (κ2) is 8.24. The molecule has 1 amide bonds. The maximum Gasteiger partial charge on any atom is 0.230 e. The number of thioether (sulfide) groups is 1. The maximum absolute atomic E-state index is 12.4. The van der Waals surface area contributed by atoms with Gasteiger partial charge in [-0.05, 0) is 23.6 Å². The second-order valence-corrected chi connectivity index (χ2v) is 7.76. The van der Waals surface area contributed by atoms with Gasteiger partial charge in [0, 0.05) is 23.8 Å². The number of benzene rings is 1. The molecule has 1 heterocycles. The maximum atomic E-state index is 12.4. The zero-order valence-corrected chi connectivity index (χ0v) is 15.5. The molecule has 0 aliphatic heterocycles. The van der Waals surface area contributed by atoms with E-state index >= 15 is 0 Å². The lowest BCUT2D eigenvalue weighted by Crippen LogP contribution is -2.46. The van der Waals surface area contributed by atoms with E-state index in [1.165, 1.54) is 11.8 Å². The highest BCUT2D eigenvalue weighted by Crippen LogP contribution is 2.24. The van der Waals surface area contributed by atoms with E-state index in [1.807, 2.05) is 35.0 Å². The fourth-order valence-corrected chi connectivity index (χ4v) is 2.97. The average Bonchev–Trinajstić information content (AvgIpc) is 3.05. The van der Waals surface area contributed by atoms with Crippen LogP contribution in [-0.2, 0) is 11.3 Å². The highest BCUT2D eigenvalue weighted by atomic mass is 32.2. The van der Waals surface area contributed by atoms with Crippen molar-refractivity contribution in [2.75, 3.05) is 12.9 Å². The Labute approximate surface area is 147 Å². The fourth-order valence-electron chi connectivity index (χ4n) is 2.22. The van der Waals surface area contributed by atoms with Crippen LogP contribution in [-0.4, -0.2) is 34.4 Å². The Balaban J connectivity index is 1.92. The Hall–Kier alpha value is -1.95. The van der Waals surface area contributed by atoms with Crippen molar-refractivity contribution in [2.24, 2.45) is 5.41 Å². The summed E-state index contributed by atoms with van der Waals surface area (Å²) in [6, 6.07) is 7.77. The number of hydrogen-bond donors (Lipinski definition) is 1. The van der Waals surface area contributed by atoms with Crippen LogP contribution in [0.3, 0.4) is 0 Å². The summed E-state index contributed by atoms with van der Waals surface area (Å²) in [6.07, 6.45) is 5.44. The number of amides is 1. The normalized spacial score (nSPS) is 12.7. The summed E-state index contributed by atoms with van der Waals surface area (Å²) in [5.41, 5.74) is -0.0411. The van der Waals surface area contributed by atoms with Crippen molar-refractivity contribution in [1.29, 1.82) is 0 Å². The zero-order chi connectivity index (χ0) is 17.6. The van der Waals surface area contributed by atoms with Gasteiger partial charge in [0.2, 0.25) is 5.91 Å². The molecule has 6 heteroatoms. The number of aromatic nitrogens is 2. The molecule has 1 aromatic heterocycles. The molecule has 0 radical (unpaired) electrons. The zero-order valence-electron chi connectivity index (χ0n) is 14.7. The quantitative estimate of drug-likeness (QED) is 0.782.